The molecule has 0 aliphatic rings. The lowest BCUT2D eigenvalue weighted by atomic mass is 9.89. The molecule has 0 fully saturated rings. The number of benzene rings is 1. The summed E-state index contributed by atoms with van der Waals surface area (Å²) in [7, 11) is 0. The molecule has 18 heavy (non-hydrogen) atoms. The Bertz CT molecular complexity index is 538. The van der Waals surface area contributed by atoms with Crippen molar-refractivity contribution in [2.45, 2.75) is 20.0 Å². The second kappa shape index (κ2) is 5.34. The van der Waals surface area contributed by atoms with E-state index in [1.165, 1.54) is 23.5 Å². The highest BCUT2D eigenvalue weighted by atomic mass is 32.1. The Kier molecular flexibility index (Phi) is 4.00. The van der Waals surface area contributed by atoms with Crippen LogP contribution in [0.1, 0.15) is 24.8 Å². The van der Waals surface area contributed by atoms with Gasteiger partial charge in [0.05, 0.1) is 6.10 Å². The molecule has 2 atom stereocenters. The molecule has 3 N–H and O–H groups in total. The summed E-state index contributed by atoms with van der Waals surface area (Å²) < 4.78 is 14.0. The molecule has 0 saturated carbocycles. The molecule has 2 unspecified atom stereocenters. The van der Waals surface area contributed by atoms with Crippen molar-refractivity contribution in [2.24, 2.45) is 17.6 Å². The van der Waals surface area contributed by atoms with Gasteiger partial charge < -0.3 is 10.8 Å². The first kappa shape index (κ1) is 13.5. The van der Waals surface area contributed by atoms with Crippen LogP contribution in [0.3, 0.4) is 0 Å². The highest BCUT2D eigenvalue weighted by Gasteiger charge is 2.24. The Labute approximate surface area is 110 Å². The van der Waals surface area contributed by atoms with Crippen molar-refractivity contribution in [3.8, 4) is 0 Å². The first-order chi connectivity index (χ1) is 8.52. The number of hydrogen-bond acceptors (Lipinski definition) is 3. The molecule has 0 amide bonds. The summed E-state index contributed by atoms with van der Waals surface area (Å²) in [5.41, 5.74) is 5.71. The summed E-state index contributed by atoms with van der Waals surface area (Å²) in [6.45, 7) is 4.54. The van der Waals surface area contributed by atoms with Gasteiger partial charge in [-0.15, -0.1) is 11.3 Å². The summed E-state index contributed by atoms with van der Waals surface area (Å²) in [4.78, 5) is 0.861. The van der Waals surface area contributed by atoms with E-state index in [1.807, 2.05) is 19.9 Å². The van der Waals surface area contributed by atoms with Crippen LogP contribution < -0.4 is 5.73 Å². The van der Waals surface area contributed by atoms with Gasteiger partial charge in [0.1, 0.15) is 5.82 Å². The number of hydrogen-bond donors (Lipinski definition) is 2. The Morgan fingerprint density at radius 1 is 1.33 bits per heavy atom. The van der Waals surface area contributed by atoms with E-state index in [0.717, 1.165) is 15.0 Å². The van der Waals surface area contributed by atoms with Gasteiger partial charge in [-0.25, -0.2) is 4.39 Å². The fraction of sp³-hybridized carbons (Fsp3) is 0.429. The molecular weight excluding hydrogens is 249 g/mol. The molecule has 0 spiro atoms. The largest absolute Gasteiger partial charge is 0.387 e. The molecule has 1 heterocycles. The molecule has 0 saturated heterocycles. The van der Waals surface area contributed by atoms with Crippen molar-refractivity contribution in [2.75, 3.05) is 6.54 Å². The minimum absolute atomic E-state index is 0.0305. The summed E-state index contributed by atoms with van der Waals surface area (Å²) in [6, 6.07) is 6.61. The molecule has 0 bridgehead atoms. The van der Waals surface area contributed by atoms with Crippen LogP contribution in [0, 0.1) is 17.7 Å². The average Bonchev–Trinajstić information content (AvgIpc) is 2.72. The number of thiophene rings is 1. The third-order valence-electron chi connectivity index (χ3n) is 3.33. The normalized spacial score (nSPS) is 15.2. The Morgan fingerprint density at radius 3 is 2.67 bits per heavy atom. The molecule has 0 aliphatic carbocycles. The van der Waals surface area contributed by atoms with Crippen molar-refractivity contribution >= 4 is 21.4 Å². The molecule has 2 aromatic rings. The monoisotopic (exact) mass is 267 g/mol. The first-order valence-corrected chi connectivity index (χ1v) is 6.91. The quantitative estimate of drug-likeness (QED) is 0.892. The number of fused-ring (bicyclic) bond motifs is 1. The molecule has 1 aromatic carbocycles. The zero-order valence-electron chi connectivity index (χ0n) is 10.6. The zero-order valence-corrected chi connectivity index (χ0v) is 11.4. The van der Waals surface area contributed by atoms with Gasteiger partial charge in [0.25, 0.3) is 0 Å². The van der Waals surface area contributed by atoms with Crippen molar-refractivity contribution in [3.63, 3.8) is 0 Å². The molecule has 1 aromatic heterocycles. The van der Waals surface area contributed by atoms with E-state index in [2.05, 4.69) is 0 Å². The topological polar surface area (TPSA) is 46.2 Å². The second-order valence-corrected chi connectivity index (χ2v) is 6.03. The average molecular weight is 267 g/mol. The number of aliphatic hydroxyl groups is 1. The van der Waals surface area contributed by atoms with Crippen molar-refractivity contribution in [1.29, 1.82) is 0 Å². The van der Waals surface area contributed by atoms with Crippen LogP contribution >= 0.6 is 11.3 Å². The van der Waals surface area contributed by atoms with E-state index >= 15 is 0 Å². The Hall–Kier alpha value is -0.970. The van der Waals surface area contributed by atoms with Crippen LogP contribution in [-0.2, 0) is 0 Å². The van der Waals surface area contributed by atoms with Gasteiger partial charge in [-0.05, 0) is 36.0 Å². The Balaban J connectivity index is 2.35. The van der Waals surface area contributed by atoms with Gasteiger partial charge in [-0.1, -0.05) is 19.9 Å². The van der Waals surface area contributed by atoms with Gasteiger partial charge >= 0.3 is 0 Å². The smallest absolute Gasteiger partial charge is 0.124 e. The molecule has 2 nitrogen and oxygen atoms in total. The number of rotatable bonds is 4. The highest BCUT2D eigenvalue weighted by Crippen LogP contribution is 2.35. The van der Waals surface area contributed by atoms with Gasteiger partial charge in [0.15, 0.2) is 0 Å². The maximum Gasteiger partial charge on any atom is 0.124 e. The third kappa shape index (κ3) is 2.55. The second-order valence-electron chi connectivity index (χ2n) is 4.92. The maximum atomic E-state index is 13.1. The van der Waals surface area contributed by atoms with E-state index in [4.69, 9.17) is 5.73 Å². The van der Waals surface area contributed by atoms with Crippen LogP contribution in [-0.4, -0.2) is 11.7 Å². The van der Waals surface area contributed by atoms with Crippen molar-refractivity contribution in [1.82, 2.24) is 0 Å². The number of nitrogens with two attached hydrogens (primary N) is 1. The third-order valence-corrected chi connectivity index (χ3v) is 4.50. The number of halogens is 1. The standard InChI is InChI=1S/C14H18FNOS/c1-8(2)11(7-16)14(17)13-5-9-3-4-10(15)6-12(9)18-13/h3-6,8,11,14,17H,7,16H2,1-2H3. The van der Waals surface area contributed by atoms with Crippen LogP contribution in [0.25, 0.3) is 10.1 Å². The fourth-order valence-electron chi connectivity index (χ4n) is 2.15. The van der Waals surface area contributed by atoms with Gasteiger partial charge in [-0.2, -0.15) is 0 Å². The van der Waals surface area contributed by atoms with Crippen LogP contribution in [0.4, 0.5) is 4.39 Å². The van der Waals surface area contributed by atoms with E-state index in [-0.39, 0.29) is 11.7 Å². The molecule has 0 aliphatic heterocycles. The van der Waals surface area contributed by atoms with Gasteiger partial charge in [0, 0.05) is 15.5 Å². The molecule has 2 rings (SSSR count). The number of aliphatic hydroxyl groups excluding tert-OH is 1. The zero-order chi connectivity index (χ0) is 13.3. The molecular formula is C14H18FNOS. The molecule has 4 heteroatoms. The van der Waals surface area contributed by atoms with Crippen molar-refractivity contribution < 1.29 is 9.50 Å². The van der Waals surface area contributed by atoms with Crippen LogP contribution in [0.15, 0.2) is 24.3 Å². The van der Waals surface area contributed by atoms with E-state index in [9.17, 15) is 9.50 Å². The minimum atomic E-state index is -0.574. The van der Waals surface area contributed by atoms with E-state index in [0.29, 0.717) is 12.5 Å². The molecule has 98 valence electrons. The lowest BCUT2D eigenvalue weighted by Crippen LogP contribution is -2.26. The minimum Gasteiger partial charge on any atom is -0.387 e. The summed E-state index contributed by atoms with van der Waals surface area (Å²) in [5, 5.41) is 11.3. The Morgan fingerprint density at radius 2 is 2.06 bits per heavy atom. The SMILES string of the molecule is CC(C)C(CN)C(O)c1cc2ccc(F)cc2s1. The van der Waals surface area contributed by atoms with E-state index in [1.54, 1.807) is 6.07 Å². The van der Waals surface area contributed by atoms with Crippen molar-refractivity contribution in [3.05, 3.63) is 35.0 Å². The predicted octanol–water partition coefficient (Wildman–Crippen LogP) is 3.30. The first-order valence-electron chi connectivity index (χ1n) is 6.10. The molecule has 0 radical (unpaired) electrons. The van der Waals surface area contributed by atoms with Gasteiger partial charge in [0.2, 0.25) is 0 Å². The lowest BCUT2D eigenvalue weighted by Gasteiger charge is -2.23. The lowest BCUT2D eigenvalue weighted by molar-refractivity contribution is 0.0893. The summed E-state index contributed by atoms with van der Waals surface area (Å²) in [6.07, 6.45) is -0.574. The summed E-state index contributed by atoms with van der Waals surface area (Å²) in [5.74, 6) is 0.0967. The maximum absolute atomic E-state index is 13.1. The highest BCUT2D eigenvalue weighted by molar-refractivity contribution is 7.19. The fourth-order valence-corrected chi connectivity index (χ4v) is 3.30. The summed E-state index contributed by atoms with van der Waals surface area (Å²) >= 11 is 1.44. The van der Waals surface area contributed by atoms with Gasteiger partial charge in [-0.3, -0.25) is 0 Å². The van der Waals surface area contributed by atoms with Crippen LogP contribution in [0.2, 0.25) is 0 Å². The predicted molar refractivity (Wildman–Crippen MR) is 74.1 cm³/mol. The van der Waals surface area contributed by atoms with E-state index < -0.39 is 6.10 Å². The van der Waals surface area contributed by atoms with Crippen LogP contribution in [0.5, 0.6) is 0 Å².